The number of rotatable bonds is 6. The number of aliphatic hydroxyl groups excluding tert-OH is 3. The predicted octanol–water partition coefficient (Wildman–Crippen LogP) is 5.41. The second-order valence-electron chi connectivity index (χ2n) is 6.42. The van der Waals surface area contributed by atoms with E-state index in [4.69, 9.17) is 18.4 Å². The Hall–Kier alpha value is -1.000. The van der Waals surface area contributed by atoms with Crippen LogP contribution >= 0.6 is 64.0 Å². The van der Waals surface area contributed by atoms with Gasteiger partial charge in [0.15, 0.2) is 21.2 Å². The fourth-order valence-electron chi connectivity index (χ4n) is 2.21. The van der Waals surface area contributed by atoms with Crippen LogP contribution in [0.2, 0.25) is 0 Å². The van der Waals surface area contributed by atoms with Crippen LogP contribution < -0.4 is 0 Å². The van der Waals surface area contributed by atoms with E-state index in [1.807, 2.05) is 53.5 Å². The van der Waals surface area contributed by atoms with Crippen molar-refractivity contribution in [1.29, 1.82) is 0 Å². The van der Waals surface area contributed by atoms with Gasteiger partial charge in [0.05, 0.1) is 13.2 Å². The van der Waals surface area contributed by atoms with Gasteiger partial charge in [-0.2, -0.15) is 0 Å². The average Bonchev–Trinajstić information content (AvgIpc) is 2.85. The van der Waals surface area contributed by atoms with Crippen molar-refractivity contribution >= 4 is 70.0 Å². The zero-order valence-corrected chi connectivity index (χ0v) is 24.7. The van der Waals surface area contributed by atoms with Crippen molar-refractivity contribution in [2.45, 2.75) is 26.7 Å². The minimum Gasteiger partial charge on any atom is -0.392 e. The van der Waals surface area contributed by atoms with Crippen molar-refractivity contribution in [1.82, 2.24) is 0 Å². The molecule has 3 aromatic carbocycles. The first-order chi connectivity index (χ1) is 15.8. The first kappa shape index (κ1) is 30.0. The van der Waals surface area contributed by atoms with Gasteiger partial charge in [-0.25, -0.2) is 0 Å². The molecule has 0 atom stereocenters. The Morgan fingerprint density at radius 3 is 1.58 bits per heavy atom. The van der Waals surface area contributed by atoms with E-state index < -0.39 is 41.4 Å². The van der Waals surface area contributed by atoms with Gasteiger partial charge in [0.2, 0.25) is 0 Å². The van der Waals surface area contributed by atoms with Crippen molar-refractivity contribution in [3.05, 3.63) is 100 Å². The molecule has 33 heavy (non-hydrogen) atoms. The maximum absolute atomic E-state index is 10.7. The van der Waals surface area contributed by atoms with E-state index in [0.29, 0.717) is 0 Å². The van der Waals surface area contributed by atoms with E-state index in [2.05, 4.69) is 22.6 Å². The van der Waals surface area contributed by atoms with Gasteiger partial charge in [-0.15, -0.1) is 0 Å². The van der Waals surface area contributed by atoms with Gasteiger partial charge in [0.25, 0.3) is 0 Å². The number of hydrogen-bond acceptors (Lipinski definition) is 6. The smallest absolute Gasteiger partial charge is 0.182 e. The summed E-state index contributed by atoms with van der Waals surface area (Å²) in [4.78, 5) is 12.7. The molecule has 3 rings (SSSR count). The Morgan fingerprint density at radius 1 is 0.818 bits per heavy atom. The molecular weight excluding hydrogens is 765 g/mol. The quantitative estimate of drug-likeness (QED) is 0.228. The van der Waals surface area contributed by atoms with Crippen LogP contribution in [-0.2, 0) is 30.8 Å². The summed E-state index contributed by atoms with van der Waals surface area (Å²) in [5, 5.41) is 26.1. The number of aliphatic hydroxyl groups is 3. The van der Waals surface area contributed by atoms with E-state index in [1.165, 1.54) is 10.5 Å². The van der Waals surface area contributed by atoms with Gasteiger partial charge in [-0.05, 0) is 58.0 Å². The summed E-state index contributed by atoms with van der Waals surface area (Å²) in [5.74, 6) is -0.219. The van der Waals surface area contributed by atoms with E-state index in [1.54, 1.807) is 24.3 Å². The monoisotopic (exact) mass is 792 g/mol. The molecule has 0 fully saturated rings. The summed E-state index contributed by atoms with van der Waals surface area (Å²) in [6, 6.07) is 22.5. The number of alkyl halides is 1. The maximum Gasteiger partial charge on any atom is 0.182 e. The largest absolute Gasteiger partial charge is 0.392 e. The zero-order valence-electron chi connectivity index (χ0n) is 18.2. The minimum atomic E-state index is -1.75. The van der Waals surface area contributed by atoms with Crippen LogP contribution in [0, 0.1) is 10.7 Å². The molecule has 0 aliphatic rings. The molecule has 0 bridgehead atoms. The normalized spacial score (nSPS) is 10.2. The van der Waals surface area contributed by atoms with Gasteiger partial charge < -0.3 is 10.2 Å². The SMILES string of the molecule is CC(=O)OI(C)c1ccc(CO)cc1.O=Ic1ccc(CO)cc1.OCc1ccc(I)cc1. The number of carbonyl (C=O) groups excluding carboxylic acids is 1. The molecule has 0 spiro atoms. The summed E-state index contributed by atoms with van der Waals surface area (Å²) in [7, 11) is 0. The zero-order chi connectivity index (χ0) is 24.6. The van der Waals surface area contributed by atoms with E-state index in [9.17, 15) is 7.86 Å². The second-order valence-corrected chi connectivity index (χ2v) is 13.4. The summed E-state index contributed by atoms with van der Waals surface area (Å²) in [6.45, 7) is 1.66. The number of benzene rings is 3. The first-order valence-corrected chi connectivity index (χ1v) is 16.8. The molecule has 0 aliphatic heterocycles. The molecule has 0 aromatic heterocycles. The maximum atomic E-state index is 10.7. The molecule has 0 unspecified atom stereocenters. The fraction of sp³-hybridized carbons (Fsp3) is 0.208. The molecular formula is C24H27I3O6. The molecule has 6 nitrogen and oxygen atoms in total. The number of halogens is 3. The number of hydrogen-bond donors (Lipinski definition) is 3. The third kappa shape index (κ3) is 12.9. The van der Waals surface area contributed by atoms with Gasteiger partial charge in [-0.3, -0.25) is 3.07 Å². The summed E-state index contributed by atoms with van der Waals surface area (Å²) in [5.41, 5.74) is 2.71. The Kier molecular flexibility index (Phi) is 15.9. The molecule has 180 valence electrons. The van der Waals surface area contributed by atoms with E-state index in [-0.39, 0.29) is 25.8 Å². The molecule has 3 N–H and O–H groups in total. The van der Waals surface area contributed by atoms with Gasteiger partial charge in [0, 0.05) is 7.14 Å². The van der Waals surface area contributed by atoms with Crippen molar-refractivity contribution in [2.24, 2.45) is 0 Å². The van der Waals surface area contributed by atoms with Crippen LogP contribution in [0.15, 0.2) is 72.8 Å². The Morgan fingerprint density at radius 2 is 1.21 bits per heavy atom. The fourth-order valence-corrected chi connectivity index (χ4v) is 5.78. The van der Waals surface area contributed by atoms with Crippen molar-refractivity contribution < 1.29 is 26.2 Å². The van der Waals surface area contributed by atoms with Crippen molar-refractivity contribution in [3.8, 4) is 0 Å². The molecule has 3 aromatic rings. The van der Waals surface area contributed by atoms with Crippen LogP contribution in [0.1, 0.15) is 23.6 Å². The van der Waals surface area contributed by atoms with Gasteiger partial charge >= 0.3 is 91.0 Å². The Bertz CT molecular complexity index is 961. The average molecular weight is 792 g/mol. The molecule has 0 heterocycles. The van der Waals surface area contributed by atoms with Crippen molar-refractivity contribution in [2.75, 3.05) is 4.93 Å². The standard InChI is InChI=1S/C10H13IO3.C7H7IO2.C7H7IO/c1-8(13)14-11(2)10-5-3-9(7-12)4-6-10;9-5-6-1-3-7(8-10)4-2-6;8-7-3-1-6(5-9)2-4-7/h3-6,12H,7H2,1-2H3;1-4,9H,5H2;1-4,9H,5H2. The molecule has 9 heteroatoms. The van der Waals surface area contributed by atoms with Crippen LogP contribution in [-0.4, -0.2) is 26.2 Å². The summed E-state index contributed by atoms with van der Waals surface area (Å²) in [6.07, 6.45) is 0. The van der Waals surface area contributed by atoms with Crippen molar-refractivity contribution in [3.63, 3.8) is 0 Å². The second kappa shape index (κ2) is 17.4. The predicted molar refractivity (Wildman–Crippen MR) is 154 cm³/mol. The minimum absolute atomic E-state index is 0.0474. The van der Waals surface area contributed by atoms with Crippen LogP contribution in [0.25, 0.3) is 0 Å². The van der Waals surface area contributed by atoms with E-state index >= 15 is 0 Å². The van der Waals surface area contributed by atoms with Gasteiger partial charge in [0.1, 0.15) is 0 Å². The molecule has 0 saturated carbocycles. The molecule has 0 aliphatic carbocycles. The van der Waals surface area contributed by atoms with Crippen LogP contribution in [0.3, 0.4) is 0 Å². The Balaban J connectivity index is 0.000000255. The van der Waals surface area contributed by atoms with Crippen LogP contribution in [0.4, 0.5) is 0 Å². The van der Waals surface area contributed by atoms with Gasteiger partial charge in [-0.1, -0.05) is 24.3 Å². The molecule has 0 amide bonds. The number of carbonyl (C=O) groups is 1. The molecule has 0 saturated heterocycles. The first-order valence-electron chi connectivity index (χ1n) is 9.64. The van der Waals surface area contributed by atoms with Crippen LogP contribution in [0.5, 0.6) is 0 Å². The Labute approximate surface area is 226 Å². The summed E-state index contributed by atoms with van der Waals surface area (Å²) >= 11 is -0.563. The molecule has 0 radical (unpaired) electrons. The summed E-state index contributed by atoms with van der Waals surface area (Å²) < 4.78 is 18.7. The third-order valence-corrected chi connectivity index (χ3v) is 9.61. The third-order valence-electron chi connectivity index (χ3n) is 3.91. The topological polar surface area (TPSA) is 104 Å². The van der Waals surface area contributed by atoms with E-state index in [0.717, 1.165) is 23.8 Å².